The molecule has 0 saturated carbocycles. The number of nitrogens with one attached hydrogen (secondary N) is 1. The molecule has 4 nitrogen and oxygen atoms in total. The molecule has 0 spiro atoms. The minimum absolute atomic E-state index is 0.188. The summed E-state index contributed by atoms with van der Waals surface area (Å²) in [6.45, 7) is 0. The Kier molecular flexibility index (Phi) is 2.95. The SMILES string of the molecule is COc1c(C=O)cc(C(F)F)[nH]c1=O. The van der Waals surface area contributed by atoms with Crippen molar-refractivity contribution >= 4 is 6.29 Å². The highest BCUT2D eigenvalue weighted by atomic mass is 19.3. The van der Waals surface area contributed by atoms with Gasteiger partial charge in [-0.15, -0.1) is 0 Å². The fourth-order valence-electron chi connectivity index (χ4n) is 1.00. The van der Waals surface area contributed by atoms with Gasteiger partial charge in [0, 0.05) is 0 Å². The predicted octanol–water partition coefficient (Wildman–Crippen LogP) is 1.13. The van der Waals surface area contributed by atoms with E-state index in [-0.39, 0.29) is 11.3 Å². The van der Waals surface area contributed by atoms with Crippen LogP contribution in [0.5, 0.6) is 5.75 Å². The van der Waals surface area contributed by atoms with Crippen molar-refractivity contribution in [3.05, 3.63) is 27.7 Å². The molecule has 14 heavy (non-hydrogen) atoms. The average molecular weight is 203 g/mol. The van der Waals surface area contributed by atoms with E-state index in [2.05, 4.69) is 4.74 Å². The Hall–Kier alpha value is -1.72. The Labute approximate surface area is 77.5 Å². The first kappa shape index (κ1) is 10.4. The van der Waals surface area contributed by atoms with Gasteiger partial charge in [-0.2, -0.15) is 0 Å². The van der Waals surface area contributed by atoms with Crippen LogP contribution >= 0.6 is 0 Å². The highest BCUT2D eigenvalue weighted by Crippen LogP contribution is 2.18. The lowest BCUT2D eigenvalue weighted by Gasteiger charge is -2.04. The normalized spacial score (nSPS) is 10.3. The number of aromatic amines is 1. The second-order valence-corrected chi connectivity index (χ2v) is 2.46. The Morgan fingerprint density at radius 3 is 2.64 bits per heavy atom. The van der Waals surface area contributed by atoms with Crippen molar-refractivity contribution in [3.63, 3.8) is 0 Å². The molecule has 0 unspecified atom stereocenters. The van der Waals surface area contributed by atoms with Crippen molar-refractivity contribution < 1.29 is 18.3 Å². The van der Waals surface area contributed by atoms with Crippen LogP contribution in [-0.4, -0.2) is 18.4 Å². The van der Waals surface area contributed by atoms with Crippen LogP contribution in [-0.2, 0) is 0 Å². The lowest BCUT2D eigenvalue weighted by molar-refractivity contribution is 0.111. The summed E-state index contributed by atoms with van der Waals surface area (Å²) in [4.78, 5) is 23.4. The Morgan fingerprint density at radius 2 is 2.21 bits per heavy atom. The molecule has 0 bridgehead atoms. The zero-order valence-corrected chi connectivity index (χ0v) is 7.21. The molecule has 1 aromatic heterocycles. The third-order valence-electron chi connectivity index (χ3n) is 1.60. The molecule has 0 aliphatic carbocycles. The molecule has 6 heteroatoms. The van der Waals surface area contributed by atoms with Crippen molar-refractivity contribution in [3.8, 4) is 5.75 Å². The summed E-state index contributed by atoms with van der Waals surface area (Å²) < 4.78 is 28.9. The summed E-state index contributed by atoms with van der Waals surface area (Å²) in [7, 11) is 1.18. The number of carbonyl (C=O) groups excluding carboxylic acids is 1. The van der Waals surface area contributed by atoms with Crippen molar-refractivity contribution in [2.24, 2.45) is 0 Å². The quantitative estimate of drug-likeness (QED) is 0.749. The highest BCUT2D eigenvalue weighted by Gasteiger charge is 2.14. The molecular weight excluding hydrogens is 196 g/mol. The number of aromatic nitrogens is 1. The number of aldehydes is 1. The number of hydrogen-bond acceptors (Lipinski definition) is 3. The maximum absolute atomic E-state index is 12.2. The van der Waals surface area contributed by atoms with Gasteiger partial charge in [-0.1, -0.05) is 0 Å². The first-order valence-electron chi connectivity index (χ1n) is 3.64. The molecule has 1 rings (SSSR count). The van der Waals surface area contributed by atoms with Gasteiger partial charge in [0.2, 0.25) is 0 Å². The topological polar surface area (TPSA) is 59.2 Å². The molecule has 0 aliphatic rings. The largest absolute Gasteiger partial charge is 0.491 e. The number of pyridine rings is 1. The number of H-pyrrole nitrogens is 1. The van der Waals surface area contributed by atoms with E-state index >= 15 is 0 Å². The zero-order valence-electron chi connectivity index (χ0n) is 7.21. The van der Waals surface area contributed by atoms with Gasteiger partial charge in [-0.25, -0.2) is 8.78 Å². The van der Waals surface area contributed by atoms with E-state index in [1.807, 2.05) is 4.98 Å². The van der Waals surface area contributed by atoms with E-state index in [9.17, 15) is 18.4 Å². The summed E-state index contributed by atoms with van der Waals surface area (Å²) in [5, 5.41) is 0. The molecule has 0 aliphatic heterocycles. The van der Waals surface area contributed by atoms with Gasteiger partial charge in [0.15, 0.2) is 12.0 Å². The van der Waals surface area contributed by atoms with Gasteiger partial charge in [0.05, 0.1) is 18.4 Å². The second-order valence-electron chi connectivity index (χ2n) is 2.46. The fraction of sp³-hybridized carbons (Fsp3) is 0.250. The van der Waals surface area contributed by atoms with Crippen molar-refractivity contribution in [2.45, 2.75) is 6.43 Å². The lowest BCUT2D eigenvalue weighted by atomic mass is 10.2. The Balaban J connectivity index is 3.39. The minimum Gasteiger partial charge on any atom is -0.491 e. The van der Waals surface area contributed by atoms with E-state index < -0.39 is 17.7 Å². The number of halogens is 2. The molecule has 0 amide bonds. The molecule has 1 aromatic rings. The van der Waals surface area contributed by atoms with Crippen LogP contribution < -0.4 is 10.3 Å². The van der Waals surface area contributed by atoms with E-state index in [1.54, 1.807) is 0 Å². The third kappa shape index (κ3) is 1.78. The molecule has 0 atom stereocenters. The monoisotopic (exact) mass is 203 g/mol. The number of carbonyl (C=O) groups is 1. The van der Waals surface area contributed by atoms with Crippen LogP contribution in [0.15, 0.2) is 10.9 Å². The van der Waals surface area contributed by atoms with Crippen LogP contribution in [0.4, 0.5) is 8.78 Å². The summed E-state index contributed by atoms with van der Waals surface area (Å²) in [5.41, 5.74) is -1.63. The Morgan fingerprint density at radius 1 is 1.57 bits per heavy atom. The zero-order chi connectivity index (χ0) is 10.7. The van der Waals surface area contributed by atoms with Crippen molar-refractivity contribution in [2.75, 3.05) is 7.11 Å². The molecule has 0 saturated heterocycles. The smallest absolute Gasteiger partial charge is 0.291 e. The van der Waals surface area contributed by atoms with E-state index in [0.29, 0.717) is 6.29 Å². The third-order valence-corrected chi connectivity index (χ3v) is 1.60. The number of hydrogen-bond donors (Lipinski definition) is 1. The minimum atomic E-state index is -2.83. The first-order chi connectivity index (χ1) is 6.60. The van der Waals surface area contributed by atoms with Crippen molar-refractivity contribution in [1.82, 2.24) is 4.98 Å². The number of alkyl halides is 2. The molecule has 0 radical (unpaired) electrons. The highest BCUT2D eigenvalue weighted by molar-refractivity contribution is 5.79. The number of methoxy groups -OCH3 is 1. The average Bonchev–Trinajstić information content (AvgIpc) is 2.16. The first-order valence-corrected chi connectivity index (χ1v) is 3.64. The van der Waals surface area contributed by atoms with Crippen molar-refractivity contribution in [1.29, 1.82) is 0 Å². The molecule has 0 aromatic carbocycles. The number of ether oxygens (including phenoxy) is 1. The van der Waals surface area contributed by atoms with Crippen LogP contribution in [0.2, 0.25) is 0 Å². The van der Waals surface area contributed by atoms with Gasteiger partial charge in [0.1, 0.15) is 0 Å². The maximum Gasteiger partial charge on any atom is 0.291 e. The van der Waals surface area contributed by atoms with Gasteiger partial charge in [-0.3, -0.25) is 9.59 Å². The van der Waals surface area contributed by atoms with Crippen LogP contribution in [0.25, 0.3) is 0 Å². The Bertz CT molecular complexity index is 400. The molecule has 76 valence electrons. The van der Waals surface area contributed by atoms with Crippen LogP contribution in [0.3, 0.4) is 0 Å². The summed E-state index contributed by atoms with van der Waals surface area (Å²) in [5.74, 6) is -0.260. The van der Waals surface area contributed by atoms with Gasteiger partial charge >= 0.3 is 0 Å². The van der Waals surface area contributed by atoms with Crippen LogP contribution in [0, 0.1) is 0 Å². The van der Waals surface area contributed by atoms with E-state index in [4.69, 9.17) is 0 Å². The van der Waals surface area contributed by atoms with Gasteiger partial charge in [-0.05, 0) is 6.07 Å². The van der Waals surface area contributed by atoms with Gasteiger partial charge in [0.25, 0.3) is 12.0 Å². The van der Waals surface area contributed by atoms with E-state index in [0.717, 1.165) is 6.07 Å². The molecular formula is C8H7F2NO3. The second kappa shape index (κ2) is 3.99. The standard InChI is InChI=1S/C8H7F2NO3/c1-14-6-4(3-12)2-5(7(9)10)11-8(6)13/h2-3,7H,1H3,(H,11,13). The number of rotatable bonds is 3. The predicted molar refractivity (Wildman–Crippen MR) is 44.0 cm³/mol. The summed E-state index contributed by atoms with van der Waals surface area (Å²) in [6.07, 6.45) is -2.53. The lowest BCUT2D eigenvalue weighted by Crippen LogP contribution is -2.14. The summed E-state index contributed by atoms with van der Waals surface area (Å²) >= 11 is 0. The fourth-order valence-corrected chi connectivity index (χ4v) is 1.00. The molecule has 1 heterocycles. The van der Waals surface area contributed by atoms with Crippen LogP contribution in [0.1, 0.15) is 22.5 Å². The van der Waals surface area contributed by atoms with E-state index in [1.165, 1.54) is 7.11 Å². The summed E-state index contributed by atoms with van der Waals surface area (Å²) in [6, 6.07) is 0.887. The molecule has 0 fully saturated rings. The molecule has 1 N–H and O–H groups in total. The van der Waals surface area contributed by atoms with Gasteiger partial charge < -0.3 is 9.72 Å². The maximum atomic E-state index is 12.2.